The molecule has 54 heavy (non-hydrogen) atoms. The van der Waals surface area contributed by atoms with Crippen LogP contribution >= 0.6 is 7.82 Å². The smallest absolute Gasteiger partial charge is 0.382 e. The summed E-state index contributed by atoms with van der Waals surface area (Å²) in [5.41, 5.74) is 7.72. The summed E-state index contributed by atoms with van der Waals surface area (Å²) in [4.78, 5) is 18.7. The fourth-order valence-corrected chi connectivity index (χ4v) is 7.02. The van der Waals surface area contributed by atoms with E-state index in [4.69, 9.17) is 34.3 Å². The maximum absolute atomic E-state index is 13.0. The Hall–Kier alpha value is -2.95. The molecule has 3 aromatic rings. The Kier molecular flexibility index (Phi) is 21.9. The molecule has 3 heterocycles. The summed E-state index contributed by atoms with van der Waals surface area (Å²) in [6, 6.07) is 9.13. The lowest BCUT2D eigenvalue weighted by molar-refractivity contribution is -0.0616. The molecule has 3 N–H and O–H groups in total. The molecule has 3 rings (SSSR count). The average molecular weight is 773 g/mol. The van der Waals surface area contributed by atoms with Gasteiger partial charge in [0.15, 0.2) is 5.82 Å². The Morgan fingerprint density at radius 3 is 2.15 bits per heavy atom. The van der Waals surface area contributed by atoms with Crippen molar-refractivity contribution < 1.29 is 32.7 Å². The number of phosphoric acid groups is 1. The lowest BCUT2D eigenvalue weighted by Gasteiger charge is -2.29. The highest BCUT2D eigenvalue weighted by atomic mass is 31.2. The van der Waals surface area contributed by atoms with Gasteiger partial charge in [-0.15, -0.1) is 0 Å². The molecule has 0 aliphatic heterocycles. The molecule has 0 saturated heterocycles. The number of rotatable bonds is 32. The second kappa shape index (κ2) is 26.0. The third kappa shape index (κ3) is 18.1. The van der Waals surface area contributed by atoms with Gasteiger partial charge in [0, 0.05) is 25.6 Å². The van der Waals surface area contributed by atoms with Gasteiger partial charge in [0.05, 0.1) is 32.0 Å². The third-order valence-electron chi connectivity index (χ3n) is 9.79. The van der Waals surface area contributed by atoms with E-state index in [1.165, 1.54) is 103 Å². The minimum Gasteiger partial charge on any atom is -0.382 e. The normalized spacial score (nSPS) is 14.5. The standard InChI is InChI=1S/C40H65N6O7P/c1-4-5-6-7-8-9-10-11-12-13-14-15-16-17-18-19-26-50-30-37(51-29-34-20-21-35(27-41)43-28-34)31-52-54(47,48)53-32-40(2,49-3)25-24-36-22-23-38-39(42)44-33-45-46(36)38/h20-23,28,33,37H,4-19,24-26,29-32H2,1-3H3,(H,47,48)(H2,42,44,45)/t37-,40+/m1/s1. The van der Waals surface area contributed by atoms with Gasteiger partial charge < -0.3 is 24.8 Å². The molecule has 0 aliphatic carbocycles. The highest BCUT2D eigenvalue weighted by molar-refractivity contribution is 7.47. The number of pyridine rings is 1. The Morgan fingerprint density at radius 1 is 0.907 bits per heavy atom. The van der Waals surface area contributed by atoms with Crippen molar-refractivity contribution in [3.05, 3.63) is 53.7 Å². The molecule has 3 aromatic heterocycles. The first-order valence-corrected chi connectivity index (χ1v) is 21.5. The number of aryl methyl sites for hydroxylation is 1. The fraction of sp³-hybridized carbons (Fsp3) is 0.700. The van der Waals surface area contributed by atoms with Crippen molar-refractivity contribution in [2.75, 3.05) is 39.3 Å². The minimum atomic E-state index is -4.48. The van der Waals surface area contributed by atoms with Crippen molar-refractivity contribution in [1.82, 2.24) is 19.6 Å². The van der Waals surface area contributed by atoms with Crippen LogP contribution in [0.25, 0.3) is 5.52 Å². The molecule has 302 valence electrons. The maximum atomic E-state index is 13.0. The monoisotopic (exact) mass is 772 g/mol. The van der Waals surface area contributed by atoms with E-state index in [-0.39, 0.29) is 26.4 Å². The first kappa shape index (κ1) is 45.4. The van der Waals surface area contributed by atoms with Crippen LogP contribution in [-0.2, 0) is 40.9 Å². The number of nitrogens with two attached hydrogens (primary N) is 1. The van der Waals surface area contributed by atoms with E-state index in [9.17, 15) is 9.46 Å². The number of fused-ring (bicyclic) bond motifs is 1. The molecule has 13 nitrogen and oxygen atoms in total. The summed E-state index contributed by atoms with van der Waals surface area (Å²) in [6.45, 7) is 4.57. The topological polar surface area (TPSA) is 176 Å². The van der Waals surface area contributed by atoms with Crippen LogP contribution in [-0.4, -0.2) is 69.7 Å². The van der Waals surface area contributed by atoms with Gasteiger partial charge in [0.1, 0.15) is 29.7 Å². The van der Waals surface area contributed by atoms with Crippen LogP contribution < -0.4 is 5.73 Å². The van der Waals surface area contributed by atoms with Crippen molar-refractivity contribution in [2.24, 2.45) is 0 Å². The number of hydrogen-bond donors (Lipinski definition) is 2. The van der Waals surface area contributed by atoms with Crippen molar-refractivity contribution in [2.45, 2.75) is 148 Å². The summed E-state index contributed by atoms with van der Waals surface area (Å²) < 4.78 is 43.2. The summed E-state index contributed by atoms with van der Waals surface area (Å²) >= 11 is 0. The Morgan fingerprint density at radius 2 is 1.56 bits per heavy atom. The first-order chi connectivity index (χ1) is 26.2. The number of hydrogen-bond acceptors (Lipinski definition) is 11. The lowest BCUT2D eigenvalue weighted by atomic mass is 10.00. The van der Waals surface area contributed by atoms with Gasteiger partial charge in [-0.3, -0.25) is 9.05 Å². The molecule has 0 amide bonds. The van der Waals surface area contributed by atoms with Gasteiger partial charge in [-0.25, -0.2) is 19.0 Å². The average Bonchev–Trinajstić information content (AvgIpc) is 3.61. The lowest BCUT2D eigenvalue weighted by Crippen LogP contribution is -2.34. The maximum Gasteiger partial charge on any atom is 0.472 e. The highest BCUT2D eigenvalue weighted by Gasteiger charge is 2.31. The number of anilines is 1. The Balaban J connectivity index is 1.35. The number of phosphoric ester groups is 1. The second-order valence-electron chi connectivity index (χ2n) is 14.4. The molecule has 0 radical (unpaired) electrons. The van der Waals surface area contributed by atoms with Crippen molar-refractivity contribution in [3.63, 3.8) is 0 Å². The van der Waals surface area contributed by atoms with E-state index < -0.39 is 19.5 Å². The zero-order valence-corrected chi connectivity index (χ0v) is 33.9. The van der Waals surface area contributed by atoms with Crippen molar-refractivity contribution in [1.29, 1.82) is 5.26 Å². The Labute approximate surface area is 322 Å². The Bertz CT molecular complexity index is 1540. The van der Waals surface area contributed by atoms with Crippen LogP contribution in [0, 0.1) is 11.3 Å². The molecule has 1 unspecified atom stereocenters. The molecule has 0 saturated carbocycles. The molecular formula is C40H65N6O7P. The van der Waals surface area contributed by atoms with Crippen LogP contribution in [0.5, 0.6) is 0 Å². The largest absolute Gasteiger partial charge is 0.472 e. The summed E-state index contributed by atoms with van der Waals surface area (Å²) in [5.74, 6) is 0.383. The number of aromatic nitrogens is 4. The van der Waals surface area contributed by atoms with Gasteiger partial charge in [-0.2, -0.15) is 10.4 Å². The molecule has 0 spiro atoms. The molecule has 14 heteroatoms. The van der Waals surface area contributed by atoms with Gasteiger partial charge in [-0.05, 0) is 49.9 Å². The van der Waals surface area contributed by atoms with E-state index in [0.29, 0.717) is 36.5 Å². The zero-order chi connectivity index (χ0) is 38.9. The number of ether oxygens (including phenoxy) is 3. The van der Waals surface area contributed by atoms with E-state index in [1.807, 2.05) is 18.2 Å². The van der Waals surface area contributed by atoms with Crippen molar-refractivity contribution in [3.8, 4) is 6.07 Å². The van der Waals surface area contributed by atoms with Gasteiger partial charge >= 0.3 is 7.82 Å². The molecule has 3 atom stereocenters. The van der Waals surface area contributed by atoms with Gasteiger partial charge in [0.25, 0.3) is 0 Å². The summed E-state index contributed by atoms with van der Waals surface area (Å²) in [5, 5.41) is 13.3. The number of nitriles is 1. The van der Waals surface area contributed by atoms with Crippen LogP contribution in [0.1, 0.15) is 140 Å². The predicted octanol–water partition coefficient (Wildman–Crippen LogP) is 8.91. The van der Waals surface area contributed by atoms with Crippen LogP contribution in [0.15, 0.2) is 36.8 Å². The molecule has 0 aromatic carbocycles. The second-order valence-corrected chi connectivity index (χ2v) is 15.9. The quantitative estimate of drug-likeness (QED) is 0.0456. The first-order valence-electron chi connectivity index (χ1n) is 20.0. The summed E-state index contributed by atoms with van der Waals surface area (Å²) in [6.07, 6.45) is 24.2. The van der Waals surface area contributed by atoms with E-state index in [0.717, 1.165) is 24.1 Å². The summed E-state index contributed by atoms with van der Waals surface area (Å²) in [7, 11) is -2.95. The molecule has 0 bridgehead atoms. The third-order valence-corrected chi connectivity index (χ3v) is 10.7. The van der Waals surface area contributed by atoms with Crippen LogP contribution in [0.4, 0.5) is 5.82 Å². The highest BCUT2D eigenvalue weighted by Crippen LogP contribution is 2.44. The fourth-order valence-electron chi connectivity index (χ4n) is 6.16. The van der Waals surface area contributed by atoms with E-state index in [1.54, 1.807) is 29.8 Å². The molecular weight excluding hydrogens is 707 g/mol. The van der Waals surface area contributed by atoms with Crippen molar-refractivity contribution >= 4 is 19.2 Å². The van der Waals surface area contributed by atoms with Crippen LogP contribution in [0.3, 0.4) is 0 Å². The van der Waals surface area contributed by atoms with Crippen LogP contribution in [0.2, 0.25) is 0 Å². The number of nitrogens with zero attached hydrogens (tertiary/aromatic N) is 5. The number of unbranched alkanes of at least 4 members (excludes halogenated alkanes) is 15. The van der Waals surface area contributed by atoms with Gasteiger partial charge in [-0.1, -0.05) is 109 Å². The molecule has 0 fully saturated rings. The SMILES string of the molecule is CCCCCCCCCCCCCCCCCCOC[C@H](COP(=O)(O)OC[C@](C)(CCc1ccc2c(N)ncnn12)OC)OCc1ccc(C#N)nc1. The molecule has 0 aliphatic rings. The van der Waals surface area contributed by atoms with E-state index in [2.05, 4.69) is 22.0 Å². The number of nitrogen functional groups attached to an aromatic ring is 1. The predicted molar refractivity (Wildman–Crippen MR) is 211 cm³/mol. The number of methoxy groups -OCH3 is 1. The van der Waals surface area contributed by atoms with E-state index >= 15 is 0 Å². The van der Waals surface area contributed by atoms with Gasteiger partial charge in [0.2, 0.25) is 0 Å². The zero-order valence-electron chi connectivity index (χ0n) is 33.0. The minimum absolute atomic E-state index is 0.165.